The van der Waals surface area contributed by atoms with Crippen LogP contribution in [0.1, 0.15) is 67.4 Å². The number of ether oxygens (including phenoxy) is 2. The van der Waals surface area contributed by atoms with Crippen LogP contribution in [-0.4, -0.2) is 66.4 Å². The second-order valence-corrected chi connectivity index (χ2v) is 26.9. The van der Waals surface area contributed by atoms with Crippen LogP contribution in [0.3, 0.4) is 0 Å². The molecule has 0 unspecified atom stereocenters. The monoisotopic (exact) mass is 810 g/mol. The molecule has 6 nitrogen and oxygen atoms in total. The third-order valence-electron chi connectivity index (χ3n) is 11.7. The van der Waals surface area contributed by atoms with E-state index in [9.17, 15) is 23.1 Å². The highest BCUT2D eigenvalue weighted by molar-refractivity contribution is 6.99. The standard InChI is InChI=1S/C45H61F3O6Si2/c1-33(30-53-55(10,11)41(3,4)5)27-37-28-35(31-54-56(42(6,7)8,38-23-17-13-18-24-38)39-25-19-14-20-26-39)34(2)29-43(37,50)32-52-40(49)44(51-9,45(46,47)48)36-21-15-12-16-22-36/h12-28,34,37,50H,29-32H2,1-11H3/b33-27+/t34-,37-,43-,44-/m1/s1. The first-order valence-corrected chi connectivity index (χ1v) is 24.1. The van der Waals surface area contributed by atoms with Gasteiger partial charge in [-0.25, -0.2) is 4.79 Å². The SMILES string of the molecule is CO[C@@](C(=O)OC[C@]1(O)C[C@@H](C)C(CO[Si](c2ccccc2)(c2ccccc2)C(C)(C)C)=C[C@H]1/C=C(\C)CO[Si](C)(C)C(C)(C)C)(c1ccccc1)C(F)(F)F. The van der Waals surface area contributed by atoms with Gasteiger partial charge in [-0.05, 0) is 58.4 Å². The van der Waals surface area contributed by atoms with Crippen molar-refractivity contribution in [2.75, 3.05) is 26.9 Å². The number of hydrogen-bond donors (Lipinski definition) is 1. The highest BCUT2D eigenvalue weighted by Crippen LogP contribution is 2.45. The lowest BCUT2D eigenvalue weighted by Gasteiger charge is -2.45. The second-order valence-electron chi connectivity index (χ2n) is 17.8. The molecule has 0 amide bonds. The van der Waals surface area contributed by atoms with E-state index >= 15 is 0 Å². The van der Waals surface area contributed by atoms with E-state index in [1.165, 1.54) is 24.3 Å². The van der Waals surface area contributed by atoms with Gasteiger partial charge < -0.3 is 23.4 Å². The van der Waals surface area contributed by atoms with Gasteiger partial charge in [0.25, 0.3) is 13.9 Å². The van der Waals surface area contributed by atoms with E-state index < -0.39 is 58.1 Å². The number of esters is 1. The first-order chi connectivity index (χ1) is 25.9. The summed E-state index contributed by atoms with van der Waals surface area (Å²) in [5, 5.41) is 14.4. The minimum absolute atomic E-state index is 0.0288. The molecule has 0 aliphatic heterocycles. The summed E-state index contributed by atoms with van der Waals surface area (Å²) in [4.78, 5) is 13.6. The maximum atomic E-state index is 14.8. The summed E-state index contributed by atoms with van der Waals surface area (Å²) in [7, 11) is -4.24. The summed E-state index contributed by atoms with van der Waals surface area (Å²) < 4.78 is 68.6. The average Bonchev–Trinajstić information content (AvgIpc) is 3.12. The van der Waals surface area contributed by atoms with Gasteiger partial charge >= 0.3 is 12.1 Å². The van der Waals surface area contributed by atoms with Crippen molar-refractivity contribution < 1.29 is 41.4 Å². The lowest BCUT2D eigenvalue weighted by molar-refractivity contribution is -0.278. The van der Waals surface area contributed by atoms with E-state index in [-0.39, 0.29) is 29.0 Å². The first kappa shape index (κ1) is 45.4. The van der Waals surface area contributed by atoms with Gasteiger partial charge in [0.1, 0.15) is 12.2 Å². The molecule has 0 heterocycles. The molecule has 3 aromatic carbocycles. The van der Waals surface area contributed by atoms with Crippen LogP contribution in [0.5, 0.6) is 0 Å². The quantitative estimate of drug-likeness (QED) is 0.0994. The van der Waals surface area contributed by atoms with Gasteiger partial charge in [-0.2, -0.15) is 13.2 Å². The van der Waals surface area contributed by atoms with Gasteiger partial charge in [0.2, 0.25) is 0 Å². The highest BCUT2D eigenvalue weighted by Gasteiger charge is 2.64. The maximum Gasteiger partial charge on any atom is 0.432 e. The Morgan fingerprint density at radius 2 is 1.34 bits per heavy atom. The molecule has 1 aliphatic rings. The Balaban J connectivity index is 1.76. The number of hydrogen-bond acceptors (Lipinski definition) is 6. The summed E-state index contributed by atoms with van der Waals surface area (Å²) in [5.74, 6) is -2.66. The van der Waals surface area contributed by atoms with Crippen molar-refractivity contribution in [2.24, 2.45) is 11.8 Å². The number of carbonyl (C=O) groups is 1. The largest absolute Gasteiger partial charge is 0.460 e. The average molecular weight is 811 g/mol. The fourth-order valence-electron chi connectivity index (χ4n) is 7.39. The number of aliphatic hydroxyl groups is 1. The van der Waals surface area contributed by atoms with Gasteiger partial charge in [0, 0.05) is 18.6 Å². The van der Waals surface area contributed by atoms with E-state index in [1.807, 2.05) is 62.4 Å². The predicted molar refractivity (Wildman–Crippen MR) is 223 cm³/mol. The molecular weight excluding hydrogens is 750 g/mol. The molecule has 306 valence electrons. The van der Waals surface area contributed by atoms with Crippen LogP contribution in [0.2, 0.25) is 23.2 Å². The normalized spacial score (nSPS) is 21.3. The number of alkyl halides is 3. The van der Waals surface area contributed by atoms with E-state index in [1.54, 1.807) is 6.07 Å². The van der Waals surface area contributed by atoms with E-state index in [0.29, 0.717) is 6.61 Å². The lowest BCUT2D eigenvalue weighted by Crippen LogP contribution is -2.66. The van der Waals surface area contributed by atoms with Crippen molar-refractivity contribution in [3.8, 4) is 0 Å². The van der Waals surface area contributed by atoms with E-state index in [4.69, 9.17) is 18.3 Å². The van der Waals surface area contributed by atoms with Gasteiger partial charge in [0.15, 0.2) is 8.32 Å². The zero-order valence-electron chi connectivity index (χ0n) is 34.9. The molecule has 3 aromatic rings. The molecule has 0 fully saturated rings. The molecule has 0 spiro atoms. The van der Waals surface area contributed by atoms with Gasteiger partial charge in [-0.3, -0.25) is 0 Å². The fraction of sp³-hybridized carbons (Fsp3) is 0.489. The number of rotatable bonds is 14. The van der Waals surface area contributed by atoms with Crippen molar-refractivity contribution in [3.63, 3.8) is 0 Å². The molecule has 0 saturated carbocycles. The first-order valence-electron chi connectivity index (χ1n) is 19.3. The molecule has 1 N–H and O–H groups in total. The minimum Gasteiger partial charge on any atom is -0.460 e. The summed E-state index contributed by atoms with van der Waals surface area (Å²) >= 11 is 0. The molecule has 1 aliphatic carbocycles. The third-order valence-corrected chi connectivity index (χ3v) is 21.2. The van der Waals surface area contributed by atoms with Crippen molar-refractivity contribution in [3.05, 3.63) is 120 Å². The topological polar surface area (TPSA) is 74.2 Å². The second kappa shape index (κ2) is 17.3. The van der Waals surface area contributed by atoms with E-state index in [2.05, 4.69) is 78.9 Å². The fourth-order valence-corrected chi connectivity index (χ4v) is 13.0. The molecular formula is C45H61F3O6Si2. The number of carbonyl (C=O) groups excluding carboxylic acids is 1. The molecule has 4 rings (SSSR count). The Kier molecular flexibility index (Phi) is 14.0. The van der Waals surface area contributed by atoms with Crippen molar-refractivity contribution in [1.29, 1.82) is 0 Å². The van der Waals surface area contributed by atoms with Crippen molar-refractivity contribution in [2.45, 2.75) is 102 Å². The van der Waals surface area contributed by atoms with Crippen LogP contribution >= 0.6 is 0 Å². The Bertz CT molecular complexity index is 1780. The Hall–Kier alpha value is -3.33. The minimum atomic E-state index is -5.15. The van der Waals surface area contributed by atoms with Gasteiger partial charge in [-0.1, -0.05) is 157 Å². The van der Waals surface area contributed by atoms with Gasteiger partial charge in [0.05, 0.1) is 13.2 Å². The molecule has 4 atom stereocenters. The maximum absolute atomic E-state index is 14.8. The smallest absolute Gasteiger partial charge is 0.432 e. The molecule has 11 heteroatoms. The third kappa shape index (κ3) is 9.34. The number of benzene rings is 3. The van der Waals surface area contributed by atoms with Crippen LogP contribution in [0.25, 0.3) is 0 Å². The molecule has 56 heavy (non-hydrogen) atoms. The zero-order valence-corrected chi connectivity index (χ0v) is 36.9. The Morgan fingerprint density at radius 3 is 1.79 bits per heavy atom. The molecule has 0 radical (unpaired) electrons. The van der Waals surface area contributed by atoms with Crippen molar-refractivity contribution in [1.82, 2.24) is 0 Å². The zero-order chi connectivity index (χ0) is 41.8. The highest BCUT2D eigenvalue weighted by atomic mass is 28.4. The van der Waals surface area contributed by atoms with Gasteiger partial charge in [-0.15, -0.1) is 0 Å². The Labute approximate surface area is 334 Å². The van der Waals surface area contributed by atoms with Crippen LogP contribution in [0.4, 0.5) is 13.2 Å². The van der Waals surface area contributed by atoms with Crippen LogP contribution in [-0.2, 0) is 28.7 Å². The summed E-state index contributed by atoms with van der Waals surface area (Å²) in [6, 6.07) is 27.3. The molecule has 0 aromatic heterocycles. The number of halogens is 3. The summed E-state index contributed by atoms with van der Waals surface area (Å²) in [5.41, 5.74) is -3.77. The van der Waals surface area contributed by atoms with Crippen LogP contribution in [0.15, 0.2) is 114 Å². The molecule has 0 saturated heterocycles. The van der Waals surface area contributed by atoms with E-state index in [0.717, 1.165) is 28.6 Å². The number of methoxy groups -OCH3 is 1. The van der Waals surface area contributed by atoms with Crippen molar-refractivity contribution >= 4 is 33.0 Å². The predicted octanol–water partition coefficient (Wildman–Crippen LogP) is 9.49. The summed E-state index contributed by atoms with van der Waals surface area (Å²) in [6.45, 7) is 21.2. The van der Waals surface area contributed by atoms with Crippen LogP contribution < -0.4 is 10.4 Å². The Morgan fingerprint density at radius 1 is 0.839 bits per heavy atom. The summed E-state index contributed by atoms with van der Waals surface area (Å²) in [6.07, 6.45) is -1.21. The molecule has 0 bridgehead atoms. The van der Waals surface area contributed by atoms with Crippen LogP contribution in [0, 0.1) is 11.8 Å². The lowest BCUT2D eigenvalue weighted by atomic mass is 9.72.